The van der Waals surface area contributed by atoms with Crippen molar-refractivity contribution in [2.75, 3.05) is 33.4 Å². The molecule has 2 N–H and O–H groups in total. The van der Waals surface area contributed by atoms with E-state index in [-0.39, 0.29) is 11.3 Å². The van der Waals surface area contributed by atoms with Crippen LogP contribution in [0.3, 0.4) is 0 Å². The van der Waals surface area contributed by atoms with Crippen molar-refractivity contribution in [3.05, 3.63) is 12.7 Å². The first-order chi connectivity index (χ1) is 9.09. The summed E-state index contributed by atoms with van der Waals surface area (Å²) in [7, 11) is 1.65. The Morgan fingerprint density at radius 1 is 1.53 bits per heavy atom. The van der Waals surface area contributed by atoms with Gasteiger partial charge in [-0.25, -0.2) is 0 Å². The van der Waals surface area contributed by atoms with Crippen molar-refractivity contribution in [1.29, 1.82) is 0 Å². The van der Waals surface area contributed by atoms with Crippen LogP contribution in [-0.2, 0) is 9.53 Å². The van der Waals surface area contributed by atoms with Gasteiger partial charge in [0, 0.05) is 26.7 Å². The maximum atomic E-state index is 12.8. The minimum Gasteiger partial charge on any atom is -0.383 e. The van der Waals surface area contributed by atoms with E-state index in [1.165, 1.54) is 0 Å². The van der Waals surface area contributed by atoms with Crippen LogP contribution < -0.4 is 5.73 Å². The number of methoxy groups -OCH3 is 1. The molecule has 0 aromatic carbocycles. The van der Waals surface area contributed by atoms with E-state index in [4.69, 9.17) is 10.5 Å². The molecular weight excluding hydrogens is 240 g/mol. The number of carbonyl (C=O) groups is 1. The van der Waals surface area contributed by atoms with Gasteiger partial charge in [-0.3, -0.25) is 4.79 Å². The van der Waals surface area contributed by atoms with Gasteiger partial charge in [-0.1, -0.05) is 13.0 Å². The number of ether oxygens (including phenoxy) is 1. The topological polar surface area (TPSA) is 55.6 Å². The van der Waals surface area contributed by atoms with E-state index in [0.29, 0.717) is 32.2 Å². The Labute approximate surface area is 117 Å². The van der Waals surface area contributed by atoms with Crippen LogP contribution >= 0.6 is 0 Å². The normalized spacial score (nSPS) is 27.0. The van der Waals surface area contributed by atoms with Crippen LogP contribution in [0.2, 0.25) is 0 Å². The van der Waals surface area contributed by atoms with Gasteiger partial charge < -0.3 is 15.4 Å². The average molecular weight is 268 g/mol. The minimum atomic E-state index is -0.358. The summed E-state index contributed by atoms with van der Waals surface area (Å²) < 4.78 is 5.08. The van der Waals surface area contributed by atoms with Gasteiger partial charge in [0.25, 0.3) is 0 Å². The monoisotopic (exact) mass is 268 g/mol. The molecule has 0 aliphatic heterocycles. The molecule has 110 valence electrons. The molecule has 0 aromatic heterocycles. The van der Waals surface area contributed by atoms with Gasteiger partial charge >= 0.3 is 0 Å². The number of nitrogens with two attached hydrogens (primary N) is 1. The maximum absolute atomic E-state index is 12.8. The molecule has 19 heavy (non-hydrogen) atoms. The van der Waals surface area contributed by atoms with Crippen molar-refractivity contribution in [1.82, 2.24) is 4.90 Å². The summed E-state index contributed by atoms with van der Waals surface area (Å²) in [5.41, 5.74) is 5.58. The van der Waals surface area contributed by atoms with Crippen molar-refractivity contribution in [2.45, 2.75) is 32.6 Å². The number of hydrogen-bond acceptors (Lipinski definition) is 3. The zero-order valence-electron chi connectivity index (χ0n) is 12.4. The Balaban J connectivity index is 2.76. The summed E-state index contributed by atoms with van der Waals surface area (Å²) >= 11 is 0. The smallest absolute Gasteiger partial charge is 0.230 e. The van der Waals surface area contributed by atoms with Gasteiger partial charge in [0.05, 0.1) is 12.0 Å². The number of hydrogen-bond donors (Lipinski definition) is 1. The SMILES string of the molecule is C=CCN(CCOC)C(=O)C1(CN)CCC(C)CC1. The van der Waals surface area contributed by atoms with Gasteiger partial charge in [-0.05, 0) is 31.6 Å². The van der Waals surface area contributed by atoms with Gasteiger partial charge in [-0.2, -0.15) is 0 Å². The second-order valence-corrected chi connectivity index (χ2v) is 5.70. The molecule has 4 nitrogen and oxygen atoms in total. The third-order valence-corrected chi connectivity index (χ3v) is 4.28. The Bertz CT molecular complexity index is 297. The van der Waals surface area contributed by atoms with Crippen LogP contribution in [-0.4, -0.2) is 44.2 Å². The fraction of sp³-hybridized carbons (Fsp3) is 0.800. The summed E-state index contributed by atoms with van der Waals surface area (Å²) in [6.45, 7) is 8.15. The Kier molecular flexibility index (Phi) is 6.52. The van der Waals surface area contributed by atoms with Crippen LogP contribution in [0.15, 0.2) is 12.7 Å². The molecule has 1 aliphatic carbocycles. The van der Waals surface area contributed by atoms with Crippen molar-refractivity contribution >= 4 is 5.91 Å². The molecule has 4 heteroatoms. The molecule has 0 spiro atoms. The molecule has 0 unspecified atom stereocenters. The van der Waals surface area contributed by atoms with Crippen molar-refractivity contribution in [3.8, 4) is 0 Å². The first-order valence-corrected chi connectivity index (χ1v) is 7.19. The summed E-state index contributed by atoms with van der Waals surface area (Å²) in [4.78, 5) is 14.6. The van der Waals surface area contributed by atoms with E-state index in [1.807, 2.05) is 4.90 Å². The summed E-state index contributed by atoms with van der Waals surface area (Å²) in [5.74, 6) is 0.887. The molecule has 1 saturated carbocycles. The van der Waals surface area contributed by atoms with E-state index >= 15 is 0 Å². The molecule has 0 radical (unpaired) electrons. The minimum absolute atomic E-state index is 0.179. The Morgan fingerprint density at radius 2 is 2.16 bits per heavy atom. The van der Waals surface area contributed by atoms with E-state index in [1.54, 1.807) is 13.2 Å². The lowest BCUT2D eigenvalue weighted by atomic mass is 9.70. The Morgan fingerprint density at radius 3 is 2.63 bits per heavy atom. The predicted molar refractivity (Wildman–Crippen MR) is 77.8 cm³/mol. The second-order valence-electron chi connectivity index (χ2n) is 5.70. The quantitative estimate of drug-likeness (QED) is 0.716. The molecule has 1 amide bonds. The molecule has 0 atom stereocenters. The molecule has 1 fully saturated rings. The highest BCUT2D eigenvalue weighted by molar-refractivity contribution is 5.83. The molecule has 1 rings (SSSR count). The zero-order chi connectivity index (χ0) is 14.3. The van der Waals surface area contributed by atoms with Gasteiger partial charge in [0.1, 0.15) is 0 Å². The fourth-order valence-corrected chi connectivity index (χ4v) is 2.79. The van der Waals surface area contributed by atoms with Crippen LogP contribution in [0.4, 0.5) is 0 Å². The molecule has 0 saturated heterocycles. The standard InChI is InChI=1S/C15H28N2O2/c1-4-9-17(10-11-19-3)14(18)15(12-16)7-5-13(2)6-8-15/h4,13H,1,5-12,16H2,2-3H3. The van der Waals surface area contributed by atoms with Crippen LogP contribution in [0.5, 0.6) is 0 Å². The highest BCUT2D eigenvalue weighted by Gasteiger charge is 2.41. The van der Waals surface area contributed by atoms with Gasteiger partial charge in [0.15, 0.2) is 0 Å². The third kappa shape index (κ3) is 4.05. The molecular formula is C15H28N2O2. The molecule has 0 bridgehead atoms. The second kappa shape index (κ2) is 7.65. The van der Waals surface area contributed by atoms with Crippen molar-refractivity contribution in [2.24, 2.45) is 17.1 Å². The fourth-order valence-electron chi connectivity index (χ4n) is 2.79. The van der Waals surface area contributed by atoms with E-state index in [0.717, 1.165) is 25.7 Å². The first kappa shape index (κ1) is 16.2. The van der Waals surface area contributed by atoms with E-state index in [2.05, 4.69) is 13.5 Å². The molecule has 1 aliphatic rings. The summed E-state index contributed by atoms with van der Waals surface area (Å²) in [5, 5.41) is 0. The van der Waals surface area contributed by atoms with Crippen LogP contribution in [0.1, 0.15) is 32.6 Å². The highest BCUT2D eigenvalue weighted by atomic mass is 16.5. The van der Waals surface area contributed by atoms with Crippen molar-refractivity contribution < 1.29 is 9.53 Å². The maximum Gasteiger partial charge on any atom is 0.230 e. The lowest BCUT2D eigenvalue weighted by Crippen LogP contribution is -2.50. The van der Waals surface area contributed by atoms with Crippen LogP contribution in [0.25, 0.3) is 0 Å². The van der Waals surface area contributed by atoms with Crippen LogP contribution in [0, 0.1) is 11.3 Å². The van der Waals surface area contributed by atoms with E-state index < -0.39 is 0 Å². The zero-order valence-corrected chi connectivity index (χ0v) is 12.4. The lowest BCUT2D eigenvalue weighted by molar-refractivity contribution is -0.144. The summed E-state index contributed by atoms with van der Waals surface area (Å²) in [6.07, 6.45) is 5.77. The summed E-state index contributed by atoms with van der Waals surface area (Å²) in [6, 6.07) is 0. The van der Waals surface area contributed by atoms with E-state index in [9.17, 15) is 4.79 Å². The number of nitrogens with zero attached hydrogens (tertiary/aromatic N) is 1. The molecule has 0 heterocycles. The third-order valence-electron chi connectivity index (χ3n) is 4.28. The van der Waals surface area contributed by atoms with Crippen molar-refractivity contribution in [3.63, 3.8) is 0 Å². The number of carbonyl (C=O) groups excluding carboxylic acids is 1. The first-order valence-electron chi connectivity index (χ1n) is 7.19. The highest BCUT2D eigenvalue weighted by Crippen LogP contribution is 2.39. The number of amides is 1. The Hall–Kier alpha value is -0.870. The predicted octanol–water partition coefficient (Wildman–Crippen LogP) is 1.80. The molecule has 0 aromatic rings. The lowest BCUT2D eigenvalue weighted by Gasteiger charge is -2.40. The largest absolute Gasteiger partial charge is 0.383 e. The van der Waals surface area contributed by atoms with Gasteiger partial charge in [0.2, 0.25) is 5.91 Å². The van der Waals surface area contributed by atoms with Gasteiger partial charge in [-0.15, -0.1) is 6.58 Å². The number of rotatable bonds is 7. The average Bonchev–Trinajstić information content (AvgIpc) is 2.44.